The van der Waals surface area contributed by atoms with Crippen molar-refractivity contribution >= 4 is 98.4 Å². The van der Waals surface area contributed by atoms with Crippen LogP contribution in [0.25, 0.3) is 21.5 Å². The zero-order valence-corrected chi connectivity index (χ0v) is 39.8. The number of benzene rings is 4. The van der Waals surface area contributed by atoms with E-state index in [0.29, 0.717) is 18.0 Å². The Morgan fingerprint density at radius 3 is 1.79 bits per heavy atom. The number of piperidine rings is 1. The normalized spacial score (nSPS) is 17.1. The highest BCUT2D eigenvalue weighted by Gasteiger charge is 2.40. The third kappa shape index (κ3) is 15.7. The molecule has 20 nitrogen and oxygen atoms in total. The number of carbonyl (C=O) groups excluding carboxylic acids is 5. The van der Waals surface area contributed by atoms with E-state index in [4.69, 9.17) is 11.5 Å². The Morgan fingerprint density at radius 2 is 1.21 bits per heavy atom. The van der Waals surface area contributed by atoms with Gasteiger partial charge in [-0.1, -0.05) is 78.9 Å². The molecule has 1 saturated heterocycles. The smallest absolute Gasteiger partial charge is 0.322 e. The number of carbonyl (C=O) groups is 9. The Bertz CT molecular complexity index is 2600. The largest absolute Gasteiger partial charge is 0.480 e. The van der Waals surface area contributed by atoms with Gasteiger partial charge in [-0.3, -0.25) is 43.2 Å². The van der Waals surface area contributed by atoms with Crippen LogP contribution in [0.15, 0.2) is 83.8 Å². The zero-order chi connectivity index (χ0) is 51.1. The Morgan fingerprint density at radius 1 is 0.686 bits per heavy atom. The fourth-order valence-electron chi connectivity index (χ4n) is 8.05. The molecular formula is C48H57N7O13S2. The van der Waals surface area contributed by atoms with Crippen molar-refractivity contribution in [3.63, 3.8) is 0 Å². The van der Waals surface area contributed by atoms with E-state index in [2.05, 4.69) is 21.3 Å². The Kier molecular flexibility index (Phi) is 20.1. The van der Waals surface area contributed by atoms with Crippen molar-refractivity contribution in [3.05, 3.63) is 90.0 Å². The lowest BCUT2D eigenvalue weighted by atomic mass is 9.80. The van der Waals surface area contributed by atoms with Crippen molar-refractivity contribution in [2.75, 3.05) is 44.7 Å². The van der Waals surface area contributed by atoms with Crippen molar-refractivity contribution in [3.8, 4) is 0 Å². The van der Waals surface area contributed by atoms with E-state index < -0.39 is 102 Å². The molecular weight excluding hydrogens is 947 g/mol. The number of nitrogens with two attached hydrogens (primary N) is 2. The van der Waals surface area contributed by atoms with Crippen molar-refractivity contribution < 1.29 is 63.6 Å². The first-order chi connectivity index (χ1) is 33.3. The first kappa shape index (κ1) is 54.4. The Labute approximate surface area is 411 Å². The first-order valence-electron chi connectivity index (χ1n) is 22.3. The maximum Gasteiger partial charge on any atom is 0.322 e. The average Bonchev–Trinajstić information content (AvgIpc) is 3.33. The summed E-state index contributed by atoms with van der Waals surface area (Å²) in [5.74, 6) is -9.66. The van der Waals surface area contributed by atoms with Crippen LogP contribution in [0.1, 0.15) is 42.1 Å². The van der Waals surface area contributed by atoms with E-state index in [-0.39, 0.29) is 49.4 Å². The third-order valence-electron chi connectivity index (χ3n) is 11.7. The molecule has 22 heteroatoms. The van der Waals surface area contributed by atoms with Crippen LogP contribution in [0.5, 0.6) is 0 Å². The second-order valence-electron chi connectivity index (χ2n) is 17.0. The number of amides is 4. The quantitative estimate of drug-likeness (QED) is 0.0399. The number of carboxylic acids is 4. The van der Waals surface area contributed by atoms with Crippen molar-refractivity contribution in [1.29, 1.82) is 0 Å². The second kappa shape index (κ2) is 25.9. The van der Waals surface area contributed by atoms with E-state index >= 15 is 4.79 Å². The van der Waals surface area contributed by atoms with E-state index in [1.807, 2.05) is 90.8 Å². The Hall–Kier alpha value is -6.59. The summed E-state index contributed by atoms with van der Waals surface area (Å²) in [5.41, 5.74) is 12.7. The number of likely N-dealkylation sites (tertiary alicyclic amines) is 1. The molecule has 0 bridgehead atoms. The van der Waals surface area contributed by atoms with Crippen LogP contribution in [0.3, 0.4) is 0 Å². The molecule has 374 valence electrons. The molecule has 70 heavy (non-hydrogen) atoms. The lowest BCUT2D eigenvalue weighted by Crippen LogP contribution is -2.50. The minimum absolute atomic E-state index is 0.0743. The van der Waals surface area contributed by atoms with Crippen molar-refractivity contribution in [2.24, 2.45) is 23.3 Å². The van der Waals surface area contributed by atoms with Crippen LogP contribution < -0.4 is 32.7 Å². The van der Waals surface area contributed by atoms with Gasteiger partial charge in [0, 0.05) is 59.4 Å². The number of nitrogens with zero attached hydrogens (tertiary/aromatic N) is 1. The van der Waals surface area contributed by atoms with Crippen LogP contribution in [-0.2, 0) is 49.6 Å². The standard InChI is InChI=1S/C48H57N7O13S2/c1-55-22-31(19-30-13-11-27-7-4-5-9-32(27)43(30)69-24-36(45(63)51-20-40(58)59)53-38(56)16-14-34(49)47(65)66)42(62)33(23-55)44(29-12-10-26-6-2-3-8-28(26)18-29)70-25-37(46(64)52-21-41(60)61)54-39(57)17-15-35(50)48(67)68/h2-13,18,31,33-37,44H,14-17,19-25,49-50H2,1H3,(H,51,63)(H,52,64)(H,53,56)(H,54,57)(H,58,59)(H,60,61)(H,65,66)(H,67,68)/t31?,33?,34-,35-,36+,37+,44?/m1/s1. The predicted molar refractivity (Wildman–Crippen MR) is 262 cm³/mol. The fourth-order valence-corrected chi connectivity index (χ4v) is 10.7. The predicted octanol–water partition coefficient (Wildman–Crippen LogP) is 1.60. The van der Waals surface area contributed by atoms with Crippen LogP contribution >= 0.6 is 23.5 Å². The first-order valence-corrected chi connectivity index (χ1v) is 24.3. The highest BCUT2D eigenvalue weighted by molar-refractivity contribution is 7.99. The number of thioether (sulfide) groups is 2. The number of hydrogen-bond acceptors (Lipinski definition) is 14. The summed E-state index contributed by atoms with van der Waals surface area (Å²) < 4.78 is 0. The molecule has 4 aromatic carbocycles. The van der Waals surface area contributed by atoms with Crippen LogP contribution in [-0.4, -0.2) is 148 Å². The number of ketones is 1. The topological polar surface area (TPSA) is 338 Å². The van der Waals surface area contributed by atoms with Crippen molar-refractivity contribution in [1.82, 2.24) is 26.2 Å². The number of rotatable bonds is 26. The summed E-state index contributed by atoms with van der Waals surface area (Å²) in [6.45, 7) is -0.760. The lowest BCUT2D eigenvalue weighted by Gasteiger charge is -2.39. The van der Waals surface area contributed by atoms with Gasteiger partial charge in [0.1, 0.15) is 43.0 Å². The third-order valence-corrected chi connectivity index (χ3v) is 14.4. The molecule has 1 aliphatic rings. The number of nitrogens with one attached hydrogen (secondary N) is 4. The van der Waals surface area contributed by atoms with Gasteiger partial charge in [0.25, 0.3) is 0 Å². The molecule has 3 unspecified atom stereocenters. The molecule has 1 heterocycles. The molecule has 1 aliphatic heterocycles. The van der Waals surface area contributed by atoms with Gasteiger partial charge in [-0.15, -0.1) is 11.8 Å². The molecule has 12 N–H and O–H groups in total. The minimum atomic E-state index is -1.33. The number of hydrogen-bond donors (Lipinski definition) is 10. The molecule has 0 radical (unpaired) electrons. The molecule has 0 saturated carbocycles. The molecule has 4 amide bonds. The van der Waals surface area contributed by atoms with Crippen LogP contribution in [0.4, 0.5) is 0 Å². The summed E-state index contributed by atoms with van der Waals surface area (Å²) in [6.07, 6.45) is -0.819. The highest BCUT2D eigenvalue weighted by Crippen LogP contribution is 2.42. The zero-order valence-electron chi connectivity index (χ0n) is 38.2. The SMILES string of the molecule is CN1CC(Cc2ccc3ccccc3c2SC[C@H](NC(=O)CC[C@@H](N)C(=O)O)C(=O)NCC(=O)O)C(=O)C(C(SC[C@H](NC(=O)CC[C@@H](N)C(=O)O)C(=O)NCC(=O)O)c2ccc3ccccc3c2)C1. The van der Waals surface area contributed by atoms with Gasteiger partial charge >= 0.3 is 23.9 Å². The number of Topliss-reactive ketones (excluding diaryl/α,β-unsaturated/α-hetero) is 1. The summed E-state index contributed by atoms with van der Waals surface area (Å²) >= 11 is 2.47. The van der Waals surface area contributed by atoms with Gasteiger partial charge in [0.15, 0.2) is 0 Å². The van der Waals surface area contributed by atoms with Gasteiger partial charge in [0.05, 0.1) is 0 Å². The molecule has 0 aliphatic carbocycles. The molecule has 7 atom stereocenters. The average molecular weight is 1000 g/mol. The van der Waals surface area contributed by atoms with Gasteiger partial charge in [0.2, 0.25) is 23.6 Å². The molecule has 1 fully saturated rings. The van der Waals surface area contributed by atoms with Crippen molar-refractivity contribution in [2.45, 2.75) is 66.4 Å². The Balaban J connectivity index is 1.46. The van der Waals surface area contributed by atoms with Crippen LogP contribution in [0.2, 0.25) is 0 Å². The number of carboxylic acid groups (broad SMARTS) is 4. The maximum atomic E-state index is 15.1. The summed E-state index contributed by atoms with van der Waals surface area (Å²) in [5, 5.41) is 49.7. The van der Waals surface area contributed by atoms with Crippen LogP contribution in [0, 0.1) is 11.8 Å². The summed E-state index contributed by atoms with van der Waals surface area (Å²) in [7, 11) is 1.89. The number of aliphatic carboxylic acids is 4. The molecule has 0 aromatic heterocycles. The van der Waals surface area contributed by atoms with Gasteiger partial charge in [-0.2, -0.15) is 11.8 Å². The lowest BCUT2D eigenvalue weighted by molar-refractivity contribution is -0.140. The van der Waals surface area contributed by atoms with E-state index in [0.717, 1.165) is 32.7 Å². The monoisotopic (exact) mass is 1000 g/mol. The fraction of sp³-hybridized carbons (Fsp3) is 0.396. The van der Waals surface area contributed by atoms with E-state index in [1.165, 1.54) is 23.5 Å². The minimum Gasteiger partial charge on any atom is -0.480 e. The van der Waals surface area contributed by atoms with Gasteiger partial charge in [-0.05, 0) is 59.0 Å². The summed E-state index contributed by atoms with van der Waals surface area (Å²) in [4.78, 5) is 116. The molecule has 4 aromatic rings. The van der Waals surface area contributed by atoms with Gasteiger partial charge < -0.3 is 58.1 Å². The van der Waals surface area contributed by atoms with E-state index in [9.17, 15) is 58.8 Å². The van der Waals surface area contributed by atoms with Gasteiger partial charge in [-0.25, -0.2) is 0 Å². The maximum absolute atomic E-state index is 15.1. The molecule has 0 spiro atoms. The molecule has 5 rings (SSSR count). The van der Waals surface area contributed by atoms with E-state index in [1.54, 1.807) is 0 Å². The highest BCUT2D eigenvalue weighted by atomic mass is 32.2. The number of fused-ring (bicyclic) bond motifs is 2. The summed E-state index contributed by atoms with van der Waals surface area (Å²) in [6, 6.07) is 19.6. The second-order valence-corrected chi connectivity index (χ2v) is 19.2.